The van der Waals surface area contributed by atoms with E-state index in [2.05, 4.69) is 0 Å². The summed E-state index contributed by atoms with van der Waals surface area (Å²) < 4.78 is 37.4. The van der Waals surface area contributed by atoms with Gasteiger partial charge in [0.2, 0.25) is 0 Å². The lowest BCUT2D eigenvalue weighted by Gasteiger charge is -2.08. The third-order valence-electron chi connectivity index (χ3n) is 3.34. The molecular formula is C18H21F3O2S. The first-order chi connectivity index (χ1) is 11.2. The second-order valence-corrected chi connectivity index (χ2v) is 6.35. The lowest BCUT2D eigenvalue weighted by atomic mass is 10.00. The number of rotatable bonds is 8. The average Bonchev–Trinajstić information content (AvgIpc) is 2.49. The van der Waals surface area contributed by atoms with Crippen LogP contribution in [-0.2, 0) is 16.7 Å². The first-order valence-electron chi connectivity index (χ1n) is 7.57. The van der Waals surface area contributed by atoms with Crippen molar-refractivity contribution < 1.29 is 23.1 Å². The number of benzene rings is 1. The summed E-state index contributed by atoms with van der Waals surface area (Å²) in [6.07, 6.45) is -0.0555. The fraction of sp³-hybridized carbons (Fsp3) is 0.389. The molecule has 24 heavy (non-hydrogen) atoms. The van der Waals surface area contributed by atoms with E-state index < -0.39 is 11.7 Å². The number of ketones is 1. The molecule has 1 N–H and O–H groups in total. The number of carbonyl (C=O) groups is 1. The van der Waals surface area contributed by atoms with Gasteiger partial charge in [-0.1, -0.05) is 25.1 Å². The van der Waals surface area contributed by atoms with Crippen LogP contribution < -0.4 is 0 Å². The standard InChI is InChI=1S/C18H21F3O2S/c1-3-14(11-17(23)10-13(2)22)8-9-24-12-15-4-6-16(7-5-15)18(19,20)21/h4-10,14,22H,3,11-12H2,1-2H3/b9-8+,13-10+/t14-/m0/s1. The summed E-state index contributed by atoms with van der Waals surface area (Å²) in [4.78, 5) is 11.6. The summed E-state index contributed by atoms with van der Waals surface area (Å²) in [5, 5.41) is 10.9. The Hall–Kier alpha value is -1.69. The number of alkyl halides is 3. The molecule has 0 amide bonds. The van der Waals surface area contributed by atoms with Crippen LogP contribution in [0, 0.1) is 5.92 Å². The van der Waals surface area contributed by atoms with Gasteiger partial charge in [0.05, 0.1) is 11.3 Å². The van der Waals surface area contributed by atoms with Crippen molar-refractivity contribution in [2.75, 3.05) is 0 Å². The number of hydrogen-bond donors (Lipinski definition) is 1. The molecule has 0 aliphatic heterocycles. The summed E-state index contributed by atoms with van der Waals surface area (Å²) in [5.74, 6) is 0.511. The van der Waals surface area contributed by atoms with Crippen molar-refractivity contribution in [2.45, 2.75) is 38.6 Å². The van der Waals surface area contributed by atoms with Crippen LogP contribution >= 0.6 is 11.8 Å². The first-order valence-corrected chi connectivity index (χ1v) is 8.61. The molecule has 0 saturated carbocycles. The Labute approximate surface area is 144 Å². The van der Waals surface area contributed by atoms with Crippen LogP contribution in [0.15, 0.2) is 47.6 Å². The molecule has 1 atom stereocenters. The molecule has 0 spiro atoms. The summed E-state index contributed by atoms with van der Waals surface area (Å²) in [5.41, 5.74) is 0.157. The zero-order chi connectivity index (χ0) is 18.2. The van der Waals surface area contributed by atoms with Gasteiger partial charge in [-0.2, -0.15) is 13.2 Å². The monoisotopic (exact) mass is 358 g/mol. The molecule has 0 unspecified atom stereocenters. The Balaban J connectivity index is 2.48. The van der Waals surface area contributed by atoms with Gasteiger partial charge in [-0.05, 0) is 42.4 Å². The molecule has 2 nitrogen and oxygen atoms in total. The molecule has 0 heterocycles. The molecule has 132 valence electrons. The van der Waals surface area contributed by atoms with Gasteiger partial charge in [-0.3, -0.25) is 4.79 Å². The number of aliphatic hydroxyl groups excluding tert-OH is 1. The van der Waals surface area contributed by atoms with Crippen molar-refractivity contribution in [3.8, 4) is 0 Å². The normalized spacial score (nSPS) is 14.1. The van der Waals surface area contributed by atoms with Gasteiger partial charge >= 0.3 is 6.18 Å². The van der Waals surface area contributed by atoms with E-state index in [1.54, 1.807) is 0 Å². The Kier molecular flexibility index (Phi) is 8.11. The maximum atomic E-state index is 12.5. The number of allylic oxidation sites excluding steroid dienone is 3. The van der Waals surface area contributed by atoms with Crippen molar-refractivity contribution in [3.05, 3.63) is 58.7 Å². The SMILES string of the molecule is CC[C@@H](/C=C/SCc1ccc(C(F)(F)F)cc1)CC(=O)/C=C(\C)O. The number of carbonyl (C=O) groups excluding carboxylic acids is 1. The molecule has 0 aliphatic carbocycles. The van der Waals surface area contributed by atoms with Gasteiger partial charge in [0.25, 0.3) is 0 Å². The highest BCUT2D eigenvalue weighted by Crippen LogP contribution is 2.29. The second-order valence-electron chi connectivity index (χ2n) is 5.46. The van der Waals surface area contributed by atoms with Crippen LogP contribution in [0.5, 0.6) is 0 Å². The molecule has 0 bridgehead atoms. The number of halogens is 3. The summed E-state index contributed by atoms with van der Waals surface area (Å²) in [7, 11) is 0. The Morgan fingerprint density at radius 3 is 2.42 bits per heavy atom. The highest BCUT2D eigenvalue weighted by atomic mass is 32.2. The average molecular weight is 358 g/mol. The maximum absolute atomic E-state index is 12.5. The largest absolute Gasteiger partial charge is 0.512 e. The molecule has 0 radical (unpaired) electrons. The van der Waals surface area contributed by atoms with Gasteiger partial charge in [-0.15, -0.1) is 11.8 Å². The smallest absolute Gasteiger partial charge is 0.416 e. The minimum absolute atomic E-state index is 0.00416. The topological polar surface area (TPSA) is 37.3 Å². The Bertz CT molecular complexity index is 585. The lowest BCUT2D eigenvalue weighted by molar-refractivity contribution is -0.137. The molecule has 1 rings (SSSR count). The van der Waals surface area contributed by atoms with E-state index in [-0.39, 0.29) is 17.5 Å². The maximum Gasteiger partial charge on any atom is 0.416 e. The predicted molar refractivity (Wildman–Crippen MR) is 91.7 cm³/mol. The number of hydrogen-bond acceptors (Lipinski definition) is 3. The van der Waals surface area contributed by atoms with Crippen LogP contribution in [0.25, 0.3) is 0 Å². The van der Waals surface area contributed by atoms with E-state index in [1.165, 1.54) is 36.9 Å². The minimum atomic E-state index is -4.31. The van der Waals surface area contributed by atoms with Gasteiger partial charge in [0.1, 0.15) is 0 Å². The van der Waals surface area contributed by atoms with Crippen molar-refractivity contribution >= 4 is 17.5 Å². The fourth-order valence-electron chi connectivity index (χ4n) is 2.00. The van der Waals surface area contributed by atoms with Crippen molar-refractivity contribution in [1.82, 2.24) is 0 Å². The molecule has 1 aromatic carbocycles. The summed E-state index contributed by atoms with van der Waals surface area (Å²) >= 11 is 1.47. The first kappa shape index (κ1) is 20.4. The molecule has 0 fully saturated rings. The van der Waals surface area contributed by atoms with Crippen LogP contribution in [-0.4, -0.2) is 10.9 Å². The zero-order valence-corrected chi connectivity index (χ0v) is 14.5. The molecule has 0 aromatic heterocycles. The van der Waals surface area contributed by atoms with E-state index in [1.807, 2.05) is 18.4 Å². The number of thioether (sulfide) groups is 1. The van der Waals surface area contributed by atoms with E-state index in [0.717, 1.165) is 24.1 Å². The Morgan fingerprint density at radius 2 is 1.92 bits per heavy atom. The predicted octanol–water partition coefficient (Wildman–Crippen LogP) is 5.90. The molecule has 0 aliphatic rings. The van der Waals surface area contributed by atoms with Crippen molar-refractivity contribution in [3.63, 3.8) is 0 Å². The molecule has 0 saturated heterocycles. The van der Waals surface area contributed by atoms with Crippen LogP contribution in [0.1, 0.15) is 37.8 Å². The highest BCUT2D eigenvalue weighted by molar-refractivity contribution is 8.01. The molecule has 1 aromatic rings. The zero-order valence-electron chi connectivity index (χ0n) is 13.6. The number of aliphatic hydroxyl groups is 1. The molecular weight excluding hydrogens is 337 g/mol. The Morgan fingerprint density at radius 1 is 1.29 bits per heavy atom. The lowest BCUT2D eigenvalue weighted by Crippen LogP contribution is -2.04. The third kappa shape index (κ3) is 7.73. The van der Waals surface area contributed by atoms with Gasteiger partial charge in [0.15, 0.2) is 5.78 Å². The van der Waals surface area contributed by atoms with Gasteiger partial charge in [0, 0.05) is 18.2 Å². The second kappa shape index (κ2) is 9.57. The van der Waals surface area contributed by atoms with Crippen molar-refractivity contribution in [1.29, 1.82) is 0 Å². The van der Waals surface area contributed by atoms with E-state index in [0.29, 0.717) is 12.2 Å². The highest BCUT2D eigenvalue weighted by Gasteiger charge is 2.29. The van der Waals surface area contributed by atoms with Gasteiger partial charge in [-0.25, -0.2) is 0 Å². The minimum Gasteiger partial charge on any atom is -0.512 e. The van der Waals surface area contributed by atoms with E-state index in [9.17, 15) is 18.0 Å². The quantitative estimate of drug-likeness (QED) is 0.464. The van der Waals surface area contributed by atoms with Crippen LogP contribution in [0.4, 0.5) is 13.2 Å². The van der Waals surface area contributed by atoms with Crippen LogP contribution in [0.3, 0.4) is 0 Å². The summed E-state index contributed by atoms with van der Waals surface area (Å²) in [6.45, 7) is 3.42. The van der Waals surface area contributed by atoms with E-state index in [4.69, 9.17) is 5.11 Å². The summed E-state index contributed by atoms with van der Waals surface area (Å²) in [6, 6.07) is 5.10. The fourth-order valence-corrected chi connectivity index (χ4v) is 2.81. The van der Waals surface area contributed by atoms with Gasteiger partial charge < -0.3 is 5.11 Å². The van der Waals surface area contributed by atoms with E-state index >= 15 is 0 Å². The van der Waals surface area contributed by atoms with Crippen LogP contribution in [0.2, 0.25) is 0 Å². The third-order valence-corrected chi connectivity index (χ3v) is 4.19. The molecule has 6 heteroatoms. The van der Waals surface area contributed by atoms with Crippen molar-refractivity contribution in [2.24, 2.45) is 5.92 Å².